The Kier molecular flexibility index (Phi) is 49.5. The quantitative estimate of drug-likeness (QED) is 0.241. The fourth-order valence-electron chi connectivity index (χ4n) is 4.59. The molecular formula is C57H109F21. The molecule has 0 aromatic rings. The van der Waals surface area contributed by atoms with Gasteiger partial charge in [-0.15, -0.1) is 0 Å². The second-order valence-corrected chi connectivity index (χ2v) is 23.2. The molecule has 3 aliphatic carbocycles. The number of halogens is 21. The zero-order valence-corrected chi connectivity index (χ0v) is 52.0. The average molecular weight is 1190 g/mol. The van der Waals surface area contributed by atoms with E-state index < -0.39 is 77.7 Å². The Morgan fingerprint density at radius 1 is 0.423 bits per heavy atom. The SMILES string of the molecule is CC.CC(C)(C(F)(F)F)C(F)(F)F.CC(C)C(F)(F)F.CC1(F)CC1.CCC.CCC(C)(C(F)(F)F)C(F)(F)F.CCC(C)(C)C.CCC(C)(F)F.CCC(C)C(F)(F)F.CCC1CCC(C)(C)CC1.CCC1CCCCC1. The van der Waals surface area contributed by atoms with Crippen molar-refractivity contribution in [2.24, 2.45) is 45.3 Å². The maximum absolute atomic E-state index is 11.9. The predicted molar refractivity (Wildman–Crippen MR) is 282 cm³/mol. The third-order valence-electron chi connectivity index (χ3n) is 13.2. The van der Waals surface area contributed by atoms with Crippen LogP contribution >= 0.6 is 0 Å². The molecule has 0 spiro atoms. The van der Waals surface area contributed by atoms with Gasteiger partial charge >= 0.3 is 37.1 Å². The summed E-state index contributed by atoms with van der Waals surface area (Å²) >= 11 is 0. The molecule has 3 saturated carbocycles. The maximum atomic E-state index is 11.9. The van der Waals surface area contributed by atoms with E-state index in [1.54, 1.807) is 6.92 Å². The van der Waals surface area contributed by atoms with Crippen molar-refractivity contribution in [1.82, 2.24) is 0 Å². The Hall–Kier alpha value is -1.47. The minimum Gasteiger partial charge on any atom is -0.244 e. The molecular weight excluding hydrogens is 1080 g/mol. The van der Waals surface area contributed by atoms with Crippen LogP contribution < -0.4 is 0 Å². The van der Waals surface area contributed by atoms with Crippen molar-refractivity contribution in [2.75, 3.05) is 0 Å². The smallest absolute Gasteiger partial charge is 0.244 e. The number of hydrogen-bond donors (Lipinski definition) is 0. The Balaban J connectivity index is -0.000000118. The maximum Gasteiger partial charge on any atom is 0.402 e. The van der Waals surface area contributed by atoms with Crippen LogP contribution in [-0.2, 0) is 0 Å². The highest BCUT2D eigenvalue weighted by atomic mass is 19.4. The highest BCUT2D eigenvalue weighted by Crippen LogP contribution is 2.52. The number of alkyl halides is 21. The highest BCUT2D eigenvalue weighted by molar-refractivity contribution is 4.89. The van der Waals surface area contributed by atoms with Crippen molar-refractivity contribution >= 4 is 0 Å². The van der Waals surface area contributed by atoms with Crippen LogP contribution in [0.15, 0.2) is 0 Å². The second kappa shape index (κ2) is 41.5. The van der Waals surface area contributed by atoms with Gasteiger partial charge in [-0.2, -0.15) is 79.0 Å². The molecule has 0 heterocycles. The van der Waals surface area contributed by atoms with E-state index in [0.29, 0.717) is 10.8 Å². The molecule has 0 aromatic heterocycles. The van der Waals surface area contributed by atoms with Crippen LogP contribution in [0.25, 0.3) is 0 Å². The van der Waals surface area contributed by atoms with Crippen molar-refractivity contribution in [3.8, 4) is 0 Å². The Labute approximate surface area is 460 Å². The topological polar surface area (TPSA) is 0 Å². The van der Waals surface area contributed by atoms with Crippen molar-refractivity contribution in [3.63, 3.8) is 0 Å². The summed E-state index contributed by atoms with van der Waals surface area (Å²) < 4.78 is 244. The lowest BCUT2D eigenvalue weighted by atomic mass is 9.72. The summed E-state index contributed by atoms with van der Waals surface area (Å²) in [6.45, 7) is 36.8. The first-order valence-corrected chi connectivity index (χ1v) is 27.8. The lowest BCUT2D eigenvalue weighted by Crippen LogP contribution is -2.47. The third-order valence-corrected chi connectivity index (χ3v) is 13.2. The van der Waals surface area contributed by atoms with Gasteiger partial charge in [-0.1, -0.05) is 182 Å². The van der Waals surface area contributed by atoms with E-state index in [4.69, 9.17) is 0 Å². The monoisotopic (exact) mass is 1190 g/mol. The molecule has 1 atom stereocenters. The molecule has 484 valence electrons. The molecule has 0 amide bonds. The van der Waals surface area contributed by atoms with E-state index in [1.165, 1.54) is 104 Å². The first kappa shape index (κ1) is 93.0. The summed E-state index contributed by atoms with van der Waals surface area (Å²) in [7, 11) is 0. The standard InChI is InChI=1S/C10H20.C8H16.C6H8F6.C6H14.C5H6F6.C5H9F3.C4H7F3.C4H8F2.C4H7F.C3H8.C2H6/c1-4-9-5-7-10(2,3)8-6-9;1-2-8-6-4-3-5-7-8;1-3-4(2,5(7,8)9)6(10,11)12;1-5-6(2,3)4;1-3(2,4(6,7)8)5(9,10)11;1-3-4(2)5(6,7)8;1-3(2)4(5,6)7;1-3-4(2,5)6;1-4(5)2-3-4;1-3-2;1-2/h9H,4-8H2,1-3H3;8H,2-7H2,1H3;3H2,1-2H3;5H2,1-4H3;1-2H3;4H,3H2,1-2H3;3H,1-2H3;3H2,1-2H3;2-3H2,1H3;3H2,1-2H3;1-2H3. The van der Waals surface area contributed by atoms with Crippen molar-refractivity contribution in [3.05, 3.63) is 0 Å². The van der Waals surface area contributed by atoms with Crippen LogP contribution in [-0.4, -0.2) is 48.6 Å². The van der Waals surface area contributed by atoms with Gasteiger partial charge in [-0.25, -0.2) is 13.2 Å². The summed E-state index contributed by atoms with van der Waals surface area (Å²) in [4.78, 5) is 0. The van der Waals surface area contributed by atoms with Crippen LogP contribution in [0.1, 0.15) is 275 Å². The molecule has 78 heavy (non-hydrogen) atoms. The first-order chi connectivity index (χ1) is 34.3. The molecule has 0 bridgehead atoms. The summed E-state index contributed by atoms with van der Waals surface area (Å²) in [6.07, 6.45) is -9.57. The van der Waals surface area contributed by atoms with Crippen LogP contribution in [0.3, 0.4) is 0 Å². The molecule has 0 aliphatic heterocycles. The zero-order valence-electron chi connectivity index (χ0n) is 52.0. The van der Waals surface area contributed by atoms with Crippen LogP contribution in [0.5, 0.6) is 0 Å². The lowest BCUT2D eigenvalue weighted by molar-refractivity contribution is -0.335. The van der Waals surface area contributed by atoms with E-state index >= 15 is 0 Å². The van der Waals surface area contributed by atoms with E-state index in [9.17, 15) is 92.2 Å². The van der Waals surface area contributed by atoms with Crippen molar-refractivity contribution < 1.29 is 92.2 Å². The predicted octanol–water partition coefficient (Wildman–Crippen LogP) is 26.5. The molecule has 0 aromatic carbocycles. The summed E-state index contributed by atoms with van der Waals surface area (Å²) in [5, 5.41) is 0. The van der Waals surface area contributed by atoms with E-state index in [1.807, 2.05) is 13.8 Å². The fraction of sp³-hybridized carbons (Fsp3) is 1.00. The molecule has 0 radical (unpaired) electrons. The van der Waals surface area contributed by atoms with Gasteiger partial charge in [0.1, 0.15) is 5.67 Å². The fourth-order valence-corrected chi connectivity index (χ4v) is 4.59. The van der Waals surface area contributed by atoms with Gasteiger partial charge in [0, 0.05) is 12.3 Å². The minimum absolute atomic E-state index is 0.0625. The first-order valence-electron chi connectivity index (χ1n) is 27.8. The number of rotatable bonds is 5. The third kappa shape index (κ3) is 53.8. The molecule has 0 saturated heterocycles. The normalized spacial score (nSPS) is 17.2. The molecule has 3 fully saturated rings. The van der Waals surface area contributed by atoms with E-state index in [-0.39, 0.29) is 33.6 Å². The molecule has 3 rings (SSSR count). The van der Waals surface area contributed by atoms with Crippen LogP contribution in [0, 0.1) is 45.3 Å². The zero-order chi connectivity index (χ0) is 65.0. The molecule has 0 N–H and O–H groups in total. The summed E-state index contributed by atoms with van der Waals surface area (Å²) in [5.74, 6) is -2.67. The lowest BCUT2D eigenvalue weighted by Gasteiger charge is -2.33. The van der Waals surface area contributed by atoms with Gasteiger partial charge in [-0.05, 0) is 109 Å². The second-order valence-electron chi connectivity index (χ2n) is 23.2. The van der Waals surface area contributed by atoms with Gasteiger partial charge in [0.05, 0.1) is 5.92 Å². The molecule has 1 unspecified atom stereocenters. The Morgan fingerprint density at radius 3 is 0.769 bits per heavy atom. The Bertz CT molecular complexity index is 1270. The Morgan fingerprint density at radius 2 is 0.679 bits per heavy atom. The molecule has 21 heteroatoms. The molecule has 3 aliphatic rings. The average Bonchev–Trinajstić information content (AvgIpc) is 3.99. The molecule has 0 nitrogen and oxygen atoms in total. The van der Waals surface area contributed by atoms with Crippen LogP contribution in [0.4, 0.5) is 92.2 Å². The van der Waals surface area contributed by atoms with Crippen molar-refractivity contribution in [2.45, 2.75) is 323 Å². The van der Waals surface area contributed by atoms with Gasteiger partial charge in [0.15, 0.2) is 10.8 Å². The van der Waals surface area contributed by atoms with Crippen molar-refractivity contribution in [1.29, 1.82) is 0 Å². The summed E-state index contributed by atoms with van der Waals surface area (Å²) in [6, 6.07) is 0. The van der Waals surface area contributed by atoms with E-state index in [2.05, 4.69) is 69.2 Å². The van der Waals surface area contributed by atoms with Gasteiger partial charge in [-0.3, -0.25) is 0 Å². The van der Waals surface area contributed by atoms with Gasteiger partial charge in [0.2, 0.25) is 5.92 Å². The highest BCUT2D eigenvalue weighted by Gasteiger charge is 2.66. The van der Waals surface area contributed by atoms with Gasteiger partial charge in [0.25, 0.3) is 0 Å². The minimum atomic E-state index is -5.24. The van der Waals surface area contributed by atoms with E-state index in [0.717, 1.165) is 52.4 Å². The number of hydrogen-bond acceptors (Lipinski definition) is 0. The van der Waals surface area contributed by atoms with Crippen LogP contribution in [0.2, 0.25) is 0 Å². The van der Waals surface area contributed by atoms with Gasteiger partial charge < -0.3 is 0 Å². The largest absolute Gasteiger partial charge is 0.402 e. The summed E-state index contributed by atoms with van der Waals surface area (Å²) in [5.41, 5.74) is -6.76.